The summed E-state index contributed by atoms with van der Waals surface area (Å²) in [6, 6.07) is 4.81. The maximum Gasteiger partial charge on any atom is 0.247 e. The predicted octanol–water partition coefficient (Wildman–Crippen LogP) is 2.82. The number of benzene rings is 1. The average Bonchev–Trinajstić information content (AvgIpc) is 2.70. The molecule has 0 atom stereocenters. The Balaban J connectivity index is 2.52. The zero-order valence-electron chi connectivity index (χ0n) is 9.02. The Labute approximate surface area is 118 Å². The van der Waals surface area contributed by atoms with Crippen molar-refractivity contribution in [3.8, 4) is 5.75 Å². The van der Waals surface area contributed by atoms with Gasteiger partial charge in [0, 0.05) is 6.07 Å². The summed E-state index contributed by atoms with van der Waals surface area (Å²) in [6.07, 6.45) is 0. The molecule has 0 saturated carbocycles. The highest BCUT2D eigenvalue weighted by Gasteiger charge is 2.15. The smallest absolute Gasteiger partial charge is 0.247 e. The fourth-order valence-corrected chi connectivity index (χ4v) is 3.64. The highest BCUT2D eigenvalue weighted by molar-refractivity contribution is 7.91. The van der Waals surface area contributed by atoms with E-state index in [9.17, 15) is 8.42 Å². The highest BCUT2D eigenvalue weighted by Crippen LogP contribution is 2.36. The normalized spacial score (nSPS) is 11.9. The number of ether oxygens (including phenoxy) is 1. The van der Waals surface area contributed by atoms with E-state index in [1.54, 1.807) is 12.1 Å². The molecule has 0 fully saturated rings. The molecule has 18 heavy (non-hydrogen) atoms. The zero-order chi connectivity index (χ0) is 13.3. The first kappa shape index (κ1) is 13.9. The van der Waals surface area contributed by atoms with Gasteiger partial charge >= 0.3 is 0 Å². The monoisotopic (exact) mass is 325 g/mol. The molecular weight excluding hydrogens is 317 g/mol. The van der Waals surface area contributed by atoms with E-state index in [2.05, 4.69) is 0 Å². The number of fused-ring (bicyclic) bond motifs is 1. The largest absolute Gasteiger partial charge is 0.492 e. The molecule has 1 heterocycles. The zero-order valence-corrected chi connectivity index (χ0v) is 12.2. The summed E-state index contributed by atoms with van der Waals surface area (Å²) < 4.78 is 28.6. The Hall–Kier alpha value is -0.530. The van der Waals surface area contributed by atoms with Gasteiger partial charge in [-0.2, -0.15) is 0 Å². The van der Waals surface area contributed by atoms with E-state index in [0.717, 1.165) is 11.3 Å². The minimum absolute atomic E-state index is 0.0777. The van der Waals surface area contributed by atoms with Crippen LogP contribution in [-0.4, -0.2) is 20.9 Å². The number of sulfonamides is 1. The number of hydrogen-bond acceptors (Lipinski definition) is 4. The molecule has 2 N–H and O–H groups in total. The van der Waals surface area contributed by atoms with E-state index >= 15 is 0 Å². The van der Waals surface area contributed by atoms with Gasteiger partial charge in [0.15, 0.2) is 0 Å². The topological polar surface area (TPSA) is 69.4 Å². The Morgan fingerprint density at radius 2 is 2.06 bits per heavy atom. The quantitative estimate of drug-likeness (QED) is 0.879. The van der Waals surface area contributed by atoms with Crippen LogP contribution in [0.25, 0.3) is 10.1 Å². The van der Waals surface area contributed by atoms with Crippen LogP contribution in [0.2, 0.25) is 5.02 Å². The van der Waals surface area contributed by atoms with Gasteiger partial charge in [0.05, 0.1) is 15.6 Å². The Kier molecular flexibility index (Phi) is 4.03. The summed E-state index contributed by atoms with van der Waals surface area (Å²) in [7, 11) is -3.71. The fourth-order valence-electron chi connectivity index (χ4n) is 1.44. The summed E-state index contributed by atoms with van der Waals surface area (Å²) in [5.74, 6) is 0.911. The number of primary sulfonamides is 1. The molecule has 0 unspecified atom stereocenters. The fraction of sp³-hybridized carbons (Fsp3) is 0.200. The van der Waals surface area contributed by atoms with Crippen molar-refractivity contribution in [1.29, 1.82) is 0 Å². The lowest BCUT2D eigenvalue weighted by Crippen LogP contribution is -2.09. The molecule has 0 aliphatic heterocycles. The third-order valence-corrected chi connectivity index (χ3v) is 5.32. The molecule has 98 valence electrons. The molecule has 1 aromatic heterocycles. The number of thiophene rings is 1. The van der Waals surface area contributed by atoms with Gasteiger partial charge in [0.1, 0.15) is 16.6 Å². The Bertz CT molecular complexity index is 682. The van der Waals surface area contributed by atoms with Gasteiger partial charge in [-0.1, -0.05) is 11.6 Å². The minimum Gasteiger partial charge on any atom is -0.492 e. The number of rotatable bonds is 4. The van der Waals surface area contributed by atoms with Crippen LogP contribution in [0, 0.1) is 0 Å². The summed E-state index contributed by atoms with van der Waals surface area (Å²) in [5.41, 5.74) is 0. The molecule has 0 radical (unpaired) electrons. The first-order valence-electron chi connectivity index (χ1n) is 4.86. The lowest BCUT2D eigenvalue weighted by atomic mass is 10.2. The van der Waals surface area contributed by atoms with E-state index < -0.39 is 10.0 Å². The van der Waals surface area contributed by atoms with Crippen molar-refractivity contribution in [1.82, 2.24) is 0 Å². The number of halogens is 2. The van der Waals surface area contributed by atoms with Crippen LogP contribution in [0.3, 0.4) is 0 Å². The van der Waals surface area contributed by atoms with Crippen molar-refractivity contribution < 1.29 is 13.2 Å². The predicted molar refractivity (Wildman–Crippen MR) is 74.4 cm³/mol. The third kappa shape index (κ3) is 2.89. The van der Waals surface area contributed by atoms with Crippen LogP contribution in [0.15, 0.2) is 22.4 Å². The Morgan fingerprint density at radius 3 is 2.67 bits per heavy atom. The molecule has 0 amide bonds. The second-order valence-electron chi connectivity index (χ2n) is 3.47. The molecule has 0 bridgehead atoms. The number of nitrogens with two attached hydrogens (primary N) is 1. The molecule has 0 aliphatic carbocycles. The summed E-state index contributed by atoms with van der Waals surface area (Å²) in [5, 5.41) is 6.19. The molecule has 2 rings (SSSR count). The van der Waals surface area contributed by atoms with Gasteiger partial charge in [-0.15, -0.1) is 22.9 Å². The Morgan fingerprint density at radius 1 is 1.33 bits per heavy atom. The van der Waals surface area contributed by atoms with Gasteiger partial charge in [-0.25, -0.2) is 13.6 Å². The van der Waals surface area contributed by atoms with Crippen molar-refractivity contribution in [2.24, 2.45) is 5.14 Å². The minimum atomic E-state index is -3.71. The molecule has 1 aromatic carbocycles. The lowest BCUT2D eigenvalue weighted by molar-refractivity contribution is 0.343. The molecular formula is C10H9Cl2NO3S2. The van der Waals surface area contributed by atoms with Crippen molar-refractivity contribution >= 4 is 54.6 Å². The summed E-state index contributed by atoms with van der Waals surface area (Å²) >= 11 is 12.6. The summed E-state index contributed by atoms with van der Waals surface area (Å²) in [6.45, 7) is 0.357. The molecule has 0 aliphatic rings. The maximum atomic E-state index is 11.3. The van der Waals surface area contributed by atoms with Crippen molar-refractivity contribution in [3.05, 3.63) is 23.2 Å². The van der Waals surface area contributed by atoms with Crippen molar-refractivity contribution in [2.75, 3.05) is 12.5 Å². The number of alkyl halides is 1. The lowest BCUT2D eigenvalue weighted by Gasteiger charge is -2.04. The van der Waals surface area contributed by atoms with E-state index in [0.29, 0.717) is 33.3 Å². The van der Waals surface area contributed by atoms with Crippen LogP contribution in [0.5, 0.6) is 5.75 Å². The molecule has 0 spiro atoms. The van der Waals surface area contributed by atoms with Crippen LogP contribution in [0.1, 0.15) is 0 Å². The van der Waals surface area contributed by atoms with Gasteiger partial charge in [0.2, 0.25) is 10.0 Å². The van der Waals surface area contributed by atoms with E-state index in [4.69, 9.17) is 33.1 Å². The van der Waals surface area contributed by atoms with Gasteiger partial charge in [0.25, 0.3) is 0 Å². The van der Waals surface area contributed by atoms with Crippen molar-refractivity contribution in [3.63, 3.8) is 0 Å². The van der Waals surface area contributed by atoms with E-state index in [1.807, 2.05) is 0 Å². The van der Waals surface area contributed by atoms with Gasteiger partial charge in [-0.3, -0.25) is 0 Å². The van der Waals surface area contributed by atoms with Crippen LogP contribution < -0.4 is 9.88 Å². The molecule has 2 aromatic rings. The molecule has 0 saturated heterocycles. The standard InChI is InChI=1S/C10H9Cl2NO3S2/c11-1-2-16-7-3-6-4-9(18(13,14)15)17-10(6)8(12)5-7/h3-5H,1-2H2,(H2,13,14,15). The first-order chi connectivity index (χ1) is 8.41. The second-order valence-corrected chi connectivity index (χ2v) is 7.10. The SMILES string of the molecule is NS(=O)(=O)c1cc2cc(OCCCl)cc(Cl)c2s1. The third-order valence-electron chi connectivity index (χ3n) is 2.15. The van der Waals surface area contributed by atoms with Crippen LogP contribution in [-0.2, 0) is 10.0 Å². The number of hydrogen-bond donors (Lipinski definition) is 1. The van der Waals surface area contributed by atoms with Crippen molar-refractivity contribution in [2.45, 2.75) is 4.21 Å². The van der Waals surface area contributed by atoms with E-state index in [-0.39, 0.29) is 4.21 Å². The van der Waals surface area contributed by atoms with Crippen LogP contribution >= 0.6 is 34.5 Å². The van der Waals surface area contributed by atoms with Gasteiger partial charge in [-0.05, 0) is 17.5 Å². The van der Waals surface area contributed by atoms with Crippen LogP contribution in [0.4, 0.5) is 0 Å². The second kappa shape index (κ2) is 5.22. The first-order valence-corrected chi connectivity index (χ1v) is 8.14. The summed E-state index contributed by atoms with van der Waals surface area (Å²) in [4.78, 5) is 0. The van der Waals surface area contributed by atoms with Gasteiger partial charge < -0.3 is 4.74 Å². The maximum absolute atomic E-state index is 11.3. The average molecular weight is 326 g/mol. The van der Waals surface area contributed by atoms with E-state index in [1.165, 1.54) is 6.07 Å². The highest BCUT2D eigenvalue weighted by atomic mass is 35.5. The molecule has 4 nitrogen and oxygen atoms in total. The molecule has 8 heteroatoms.